The molecule has 2 saturated heterocycles. The summed E-state index contributed by atoms with van der Waals surface area (Å²) in [5.74, 6) is -1.94. The van der Waals surface area contributed by atoms with Crippen molar-refractivity contribution < 1.29 is 13.2 Å². The molecule has 0 spiro atoms. The second-order valence-corrected chi connectivity index (χ2v) is 8.77. The van der Waals surface area contributed by atoms with Crippen molar-refractivity contribution in [3.63, 3.8) is 0 Å². The Morgan fingerprint density at radius 1 is 1.17 bits per heavy atom. The number of hydrogen-bond donors (Lipinski definition) is 1. The molecular weight excluding hydrogens is 393 g/mol. The molecule has 1 aromatic carbocycles. The normalized spacial score (nSPS) is 24.9. The van der Waals surface area contributed by atoms with Gasteiger partial charge in [0, 0.05) is 43.5 Å². The summed E-state index contributed by atoms with van der Waals surface area (Å²) in [4.78, 5) is 12.4. The van der Waals surface area contributed by atoms with Gasteiger partial charge in [0.2, 0.25) is 0 Å². The van der Waals surface area contributed by atoms with E-state index in [1.165, 1.54) is 12.4 Å². The monoisotopic (exact) mass is 418 g/mol. The van der Waals surface area contributed by atoms with E-state index in [-0.39, 0.29) is 18.6 Å². The zero-order chi connectivity index (χ0) is 21.5. The number of aromatic nitrogens is 2. The SMILES string of the molecule is CC1(N)CCN(C[C@H]2CN(c3ccc(C#N)c4nccnc34)C[C@@H]2C(F)(F)F)CC1. The number of nitrogens with two attached hydrogens (primary N) is 1. The molecule has 2 aromatic rings. The molecule has 2 N–H and O–H groups in total. The van der Waals surface area contributed by atoms with Crippen LogP contribution in [0.3, 0.4) is 0 Å². The third kappa shape index (κ3) is 4.07. The van der Waals surface area contributed by atoms with E-state index in [2.05, 4.69) is 20.9 Å². The molecule has 30 heavy (non-hydrogen) atoms. The summed E-state index contributed by atoms with van der Waals surface area (Å²) in [5.41, 5.74) is 7.78. The van der Waals surface area contributed by atoms with E-state index in [0.717, 1.165) is 25.9 Å². The molecule has 0 amide bonds. The van der Waals surface area contributed by atoms with Gasteiger partial charge in [0.1, 0.15) is 17.1 Å². The molecule has 0 bridgehead atoms. The molecule has 0 radical (unpaired) electrons. The number of likely N-dealkylation sites (tertiary alicyclic amines) is 1. The number of nitrogens with zero attached hydrogens (tertiary/aromatic N) is 5. The summed E-state index contributed by atoms with van der Waals surface area (Å²) in [6.45, 7) is 4.01. The molecule has 6 nitrogen and oxygen atoms in total. The van der Waals surface area contributed by atoms with Crippen LogP contribution >= 0.6 is 0 Å². The Labute approximate surface area is 173 Å². The predicted molar refractivity (Wildman–Crippen MR) is 108 cm³/mol. The van der Waals surface area contributed by atoms with E-state index in [9.17, 15) is 18.4 Å². The number of rotatable bonds is 3. The number of nitriles is 1. The van der Waals surface area contributed by atoms with Gasteiger partial charge in [-0.15, -0.1) is 0 Å². The topological polar surface area (TPSA) is 82.1 Å². The first-order valence-corrected chi connectivity index (χ1v) is 10.1. The lowest BCUT2D eigenvalue weighted by molar-refractivity contribution is -0.180. The van der Waals surface area contributed by atoms with Gasteiger partial charge >= 0.3 is 6.18 Å². The van der Waals surface area contributed by atoms with Gasteiger partial charge in [-0.25, -0.2) is 0 Å². The summed E-state index contributed by atoms with van der Waals surface area (Å²) in [7, 11) is 0. The van der Waals surface area contributed by atoms with Crippen LogP contribution in [-0.2, 0) is 0 Å². The van der Waals surface area contributed by atoms with Crippen LogP contribution in [0.2, 0.25) is 0 Å². The summed E-state index contributed by atoms with van der Waals surface area (Å²) in [5, 5.41) is 9.31. The fourth-order valence-electron chi connectivity index (χ4n) is 4.59. The van der Waals surface area contributed by atoms with Gasteiger partial charge in [0.15, 0.2) is 0 Å². The second-order valence-electron chi connectivity index (χ2n) is 8.77. The molecule has 160 valence electrons. The van der Waals surface area contributed by atoms with E-state index in [1.54, 1.807) is 17.0 Å². The summed E-state index contributed by atoms with van der Waals surface area (Å²) in [6, 6.07) is 5.37. The quantitative estimate of drug-likeness (QED) is 0.825. The number of halogens is 3. The highest BCUT2D eigenvalue weighted by molar-refractivity contribution is 5.92. The van der Waals surface area contributed by atoms with Crippen LogP contribution in [0.25, 0.3) is 11.0 Å². The molecule has 0 saturated carbocycles. The molecule has 3 heterocycles. The van der Waals surface area contributed by atoms with E-state index < -0.39 is 18.0 Å². The zero-order valence-electron chi connectivity index (χ0n) is 16.9. The van der Waals surface area contributed by atoms with Gasteiger partial charge in [-0.2, -0.15) is 18.4 Å². The van der Waals surface area contributed by atoms with Crippen molar-refractivity contribution in [2.75, 3.05) is 37.6 Å². The molecule has 0 unspecified atom stereocenters. The van der Waals surface area contributed by atoms with E-state index in [0.29, 0.717) is 28.8 Å². The lowest BCUT2D eigenvalue weighted by Gasteiger charge is -2.38. The molecule has 9 heteroatoms. The Hall–Kier alpha value is -2.44. The van der Waals surface area contributed by atoms with Crippen LogP contribution in [0.15, 0.2) is 24.5 Å². The van der Waals surface area contributed by atoms with Crippen molar-refractivity contribution in [1.82, 2.24) is 14.9 Å². The maximum atomic E-state index is 13.9. The van der Waals surface area contributed by atoms with Gasteiger partial charge < -0.3 is 15.5 Å². The van der Waals surface area contributed by atoms with Crippen molar-refractivity contribution >= 4 is 16.7 Å². The fraction of sp³-hybridized carbons (Fsp3) is 0.571. The smallest absolute Gasteiger partial charge is 0.369 e. The molecule has 2 aliphatic heterocycles. The molecule has 4 rings (SSSR count). The molecule has 1 aromatic heterocycles. The largest absolute Gasteiger partial charge is 0.393 e. The molecule has 2 aliphatic rings. The van der Waals surface area contributed by atoms with Crippen molar-refractivity contribution in [3.8, 4) is 6.07 Å². The minimum Gasteiger partial charge on any atom is -0.369 e. The van der Waals surface area contributed by atoms with E-state index in [4.69, 9.17) is 5.73 Å². The van der Waals surface area contributed by atoms with Gasteiger partial charge in [-0.3, -0.25) is 9.97 Å². The molecule has 0 aliphatic carbocycles. The number of piperidine rings is 1. The van der Waals surface area contributed by atoms with Gasteiger partial charge in [-0.1, -0.05) is 0 Å². The minimum absolute atomic E-state index is 0.117. The standard InChI is InChI=1S/C21H25F3N6/c1-20(26)4-8-29(9-5-20)11-15-12-30(13-16(15)21(22,23)24)17-3-2-14(10-25)18-19(17)28-7-6-27-18/h2-3,6-7,15-16H,4-5,8-9,11-13,26H2,1H3/t15-,16-/m0/s1. The summed E-state index contributed by atoms with van der Waals surface area (Å²) >= 11 is 0. The lowest BCUT2D eigenvalue weighted by atomic mass is 9.89. The Balaban J connectivity index is 1.59. The van der Waals surface area contributed by atoms with Gasteiger partial charge in [0.25, 0.3) is 0 Å². The maximum Gasteiger partial charge on any atom is 0.393 e. The van der Waals surface area contributed by atoms with E-state index >= 15 is 0 Å². The van der Waals surface area contributed by atoms with Crippen molar-refractivity contribution in [3.05, 3.63) is 30.1 Å². The summed E-state index contributed by atoms with van der Waals surface area (Å²) < 4.78 is 41.6. The van der Waals surface area contributed by atoms with Crippen molar-refractivity contribution in [2.24, 2.45) is 17.6 Å². The van der Waals surface area contributed by atoms with Crippen LogP contribution < -0.4 is 10.6 Å². The second kappa shape index (κ2) is 7.67. The first kappa shape index (κ1) is 20.8. The van der Waals surface area contributed by atoms with Crippen LogP contribution in [0.5, 0.6) is 0 Å². The zero-order valence-corrected chi connectivity index (χ0v) is 16.9. The van der Waals surface area contributed by atoms with Crippen LogP contribution in [0.1, 0.15) is 25.3 Å². The molecular formula is C21H25F3N6. The third-order valence-corrected chi connectivity index (χ3v) is 6.42. The summed E-state index contributed by atoms with van der Waals surface area (Å²) in [6.07, 6.45) is 0.288. The average molecular weight is 418 g/mol. The molecule has 2 fully saturated rings. The Morgan fingerprint density at radius 3 is 2.47 bits per heavy atom. The molecule has 2 atom stereocenters. The number of fused-ring (bicyclic) bond motifs is 1. The van der Waals surface area contributed by atoms with Crippen molar-refractivity contribution in [2.45, 2.75) is 31.5 Å². The Kier molecular flexibility index (Phi) is 5.32. The number of benzene rings is 1. The Bertz CT molecular complexity index is 957. The fourth-order valence-corrected chi connectivity index (χ4v) is 4.59. The first-order chi connectivity index (χ1) is 14.2. The first-order valence-electron chi connectivity index (χ1n) is 10.1. The van der Waals surface area contributed by atoms with Gasteiger partial charge in [0.05, 0.1) is 17.2 Å². The number of alkyl halides is 3. The van der Waals surface area contributed by atoms with Crippen LogP contribution in [0.4, 0.5) is 18.9 Å². The minimum atomic E-state index is -4.27. The van der Waals surface area contributed by atoms with Crippen LogP contribution in [0, 0.1) is 23.2 Å². The number of hydrogen-bond acceptors (Lipinski definition) is 6. The van der Waals surface area contributed by atoms with E-state index in [1.807, 2.05) is 6.92 Å². The van der Waals surface area contributed by atoms with Crippen LogP contribution in [-0.4, -0.2) is 59.3 Å². The highest BCUT2D eigenvalue weighted by Gasteiger charge is 2.50. The lowest BCUT2D eigenvalue weighted by Crippen LogP contribution is -2.50. The number of anilines is 1. The Morgan fingerprint density at radius 2 is 1.83 bits per heavy atom. The van der Waals surface area contributed by atoms with Crippen molar-refractivity contribution in [1.29, 1.82) is 5.26 Å². The highest BCUT2D eigenvalue weighted by atomic mass is 19.4. The maximum absolute atomic E-state index is 13.9. The average Bonchev–Trinajstić information content (AvgIpc) is 3.13. The third-order valence-electron chi connectivity index (χ3n) is 6.42. The predicted octanol–water partition coefficient (Wildman–Crippen LogP) is 2.93. The highest BCUT2D eigenvalue weighted by Crippen LogP contribution is 2.41. The van der Waals surface area contributed by atoms with Gasteiger partial charge in [-0.05, 0) is 45.0 Å².